The number of ether oxygens (including phenoxy) is 3. The summed E-state index contributed by atoms with van der Waals surface area (Å²) in [5.74, 6) is 2.31. The molecule has 0 spiro atoms. The van der Waals surface area contributed by atoms with Crippen LogP contribution in [0.25, 0.3) is 39.2 Å². The van der Waals surface area contributed by atoms with Crippen LogP contribution in [0.3, 0.4) is 0 Å². The highest BCUT2D eigenvalue weighted by Gasteiger charge is 2.17. The topological polar surface area (TPSA) is 109 Å². The first-order valence-corrected chi connectivity index (χ1v) is 12.6. The summed E-state index contributed by atoms with van der Waals surface area (Å²) in [6.07, 6.45) is 3.57. The summed E-state index contributed by atoms with van der Waals surface area (Å²) < 4.78 is 38.3. The molecule has 37 heavy (non-hydrogen) atoms. The number of methoxy groups -OCH3 is 3. The van der Waals surface area contributed by atoms with Crippen molar-refractivity contribution in [2.45, 2.75) is 5.75 Å². The molecule has 5 aromatic rings. The zero-order valence-corrected chi connectivity index (χ0v) is 21.2. The van der Waals surface area contributed by atoms with Crippen molar-refractivity contribution in [3.05, 3.63) is 78.6 Å². The van der Waals surface area contributed by atoms with Crippen LogP contribution in [-0.2, 0) is 16.8 Å². The van der Waals surface area contributed by atoms with Crippen molar-refractivity contribution in [1.82, 2.24) is 19.7 Å². The lowest BCUT2D eigenvalue weighted by Crippen LogP contribution is -2.04. The van der Waals surface area contributed by atoms with E-state index in [9.17, 15) is 4.21 Å². The Hall–Kier alpha value is -4.28. The Labute approximate surface area is 216 Å². The lowest BCUT2D eigenvalue weighted by Gasteiger charge is -2.13. The fourth-order valence-electron chi connectivity index (χ4n) is 4.05. The van der Waals surface area contributed by atoms with E-state index in [2.05, 4.69) is 5.10 Å². The first-order chi connectivity index (χ1) is 18.0. The Morgan fingerprint density at radius 2 is 1.62 bits per heavy atom. The summed E-state index contributed by atoms with van der Waals surface area (Å²) in [5, 5.41) is 5.30. The molecular formula is C27H24N4O5S. The first-order valence-electron chi connectivity index (χ1n) is 11.3. The molecule has 1 unspecified atom stereocenters. The van der Waals surface area contributed by atoms with Crippen molar-refractivity contribution in [2.75, 3.05) is 21.3 Å². The average Bonchev–Trinajstić information content (AvgIpc) is 3.42. The van der Waals surface area contributed by atoms with Gasteiger partial charge >= 0.3 is 0 Å². The second-order valence-electron chi connectivity index (χ2n) is 8.16. The van der Waals surface area contributed by atoms with Crippen LogP contribution >= 0.6 is 0 Å². The van der Waals surface area contributed by atoms with Crippen LogP contribution in [0.1, 0.15) is 5.56 Å². The van der Waals surface area contributed by atoms with Gasteiger partial charge in [-0.25, -0.2) is 18.9 Å². The Kier molecular flexibility index (Phi) is 6.85. The fraction of sp³-hybridized carbons (Fsp3) is 0.148. The lowest BCUT2D eigenvalue weighted by molar-refractivity contribution is 0.356. The molecular weight excluding hydrogens is 492 g/mol. The normalized spacial score (nSPS) is 11.9. The Morgan fingerprint density at radius 1 is 0.865 bits per heavy atom. The van der Waals surface area contributed by atoms with Crippen LogP contribution in [0.5, 0.6) is 17.2 Å². The third-order valence-electron chi connectivity index (χ3n) is 5.90. The number of nitrogens with zero attached hydrogens (tertiary/aromatic N) is 4. The predicted molar refractivity (Wildman–Crippen MR) is 142 cm³/mol. The number of aromatic nitrogens is 4. The van der Waals surface area contributed by atoms with E-state index in [1.165, 1.54) is 0 Å². The van der Waals surface area contributed by atoms with E-state index in [0.717, 1.165) is 27.6 Å². The molecule has 0 radical (unpaired) electrons. The Morgan fingerprint density at radius 3 is 2.32 bits per heavy atom. The van der Waals surface area contributed by atoms with Crippen LogP contribution in [0.4, 0.5) is 0 Å². The number of hydrogen-bond acceptors (Lipinski definition) is 7. The molecule has 0 fully saturated rings. The Bertz CT molecular complexity index is 1600. The highest BCUT2D eigenvalue weighted by atomic mass is 32.2. The van der Waals surface area contributed by atoms with Gasteiger partial charge in [0.15, 0.2) is 22.6 Å². The van der Waals surface area contributed by atoms with E-state index in [1.54, 1.807) is 32.2 Å². The minimum absolute atomic E-state index is 0.0891. The van der Waals surface area contributed by atoms with Crippen LogP contribution in [0.15, 0.2) is 73.1 Å². The van der Waals surface area contributed by atoms with E-state index in [-0.39, 0.29) is 5.75 Å². The van der Waals surface area contributed by atoms with Gasteiger partial charge in [-0.1, -0.05) is 36.4 Å². The maximum absolute atomic E-state index is 11.1. The molecule has 0 aliphatic rings. The van der Waals surface area contributed by atoms with Gasteiger partial charge in [-0.3, -0.25) is 0 Å². The summed E-state index contributed by atoms with van der Waals surface area (Å²) >= 11 is -1.88. The smallest absolute Gasteiger partial charge is 0.251 e. The maximum atomic E-state index is 11.1. The predicted octanol–water partition coefficient (Wildman–Crippen LogP) is 4.90. The summed E-state index contributed by atoms with van der Waals surface area (Å²) in [6.45, 7) is 0. The summed E-state index contributed by atoms with van der Waals surface area (Å²) in [5.41, 5.74) is 4.76. The molecule has 3 aromatic carbocycles. The van der Waals surface area contributed by atoms with Crippen LogP contribution in [0.2, 0.25) is 0 Å². The van der Waals surface area contributed by atoms with Crippen LogP contribution < -0.4 is 14.2 Å². The molecule has 9 nitrogen and oxygen atoms in total. The quantitative estimate of drug-likeness (QED) is 0.290. The zero-order chi connectivity index (χ0) is 25.9. The molecule has 0 bridgehead atoms. The van der Waals surface area contributed by atoms with Gasteiger partial charge < -0.3 is 18.8 Å². The molecule has 5 rings (SSSR count). The first kappa shape index (κ1) is 24.4. The largest absolute Gasteiger partial charge is 0.497 e. The van der Waals surface area contributed by atoms with Gasteiger partial charge in [0.1, 0.15) is 5.75 Å². The van der Waals surface area contributed by atoms with Gasteiger partial charge in [0.2, 0.25) is 0 Å². The van der Waals surface area contributed by atoms with Crippen molar-refractivity contribution >= 4 is 22.0 Å². The van der Waals surface area contributed by atoms with Crippen LogP contribution in [0, 0.1) is 0 Å². The molecule has 0 aliphatic carbocycles. The molecule has 0 saturated heterocycles. The zero-order valence-electron chi connectivity index (χ0n) is 20.4. The molecule has 1 atom stereocenters. The number of fused-ring (bicyclic) bond motifs is 1. The monoisotopic (exact) mass is 516 g/mol. The van der Waals surface area contributed by atoms with Gasteiger partial charge in [-0.2, -0.15) is 5.10 Å². The average molecular weight is 517 g/mol. The molecule has 0 amide bonds. The molecule has 2 aromatic heterocycles. The Balaban J connectivity index is 1.62. The number of hydrogen-bond donors (Lipinski definition) is 1. The van der Waals surface area contributed by atoms with E-state index in [0.29, 0.717) is 34.4 Å². The highest BCUT2D eigenvalue weighted by Crippen LogP contribution is 2.36. The third-order valence-corrected chi connectivity index (χ3v) is 6.48. The van der Waals surface area contributed by atoms with Gasteiger partial charge in [0.05, 0.1) is 44.5 Å². The van der Waals surface area contributed by atoms with E-state index in [1.807, 2.05) is 66.9 Å². The molecule has 0 aliphatic heterocycles. The molecule has 1 N–H and O–H groups in total. The summed E-state index contributed by atoms with van der Waals surface area (Å²) in [4.78, 5) is 9.65. The summed E-state index contributed by atoms with van der Waals surface area (Å²) in [7, 11) is 4.79. The lowest BCUT2D eigenvalue weighted by atomic mass is 10.1. The van der Waals surface area contributed by atoms with Crippen molar-refractivity contribution < 1.29 is 23.0 Å². The molecule has 188 valence electrons. The van der Waals surface area contributed by atoms with Gasteiger partial charge in [0, 0.05) is 28.8 Å². The minimum atomic E-state index is -1.88. The molecule has 2 heterocycles. The minimum Gasteiger partial charge on any atom is -0.497 e. The van der Waals surface area contributed by atoms with Gasteiger partial charge in [-0.15, -0.1) is 0 Å². The molecule has 0 saturated carbocycles. The van der Waals surface area contributed by atoms with Crippen molar-refractivity contribution in [2.24, 2.45) is 0 Å². The summed E-state index contributed by atoms with van der Waals surface area (Å²) in [6, 6.07) is 18.8. The van der Waals surface area contributed by atoms with Gasteiger partial charge in [0.25, 0.3) is 5.95 Å². The van der Waals surface area contributed by atoms with E-state index in [4.69, 9.17) is 28.7 Å². The van der Waals surface area contributed by atoms with Gasteiger partial charge in [-0.05, 0) is 29.3 Å². The number of rotatable bonds is 8. The number of benzene rings is 3. The molecule has 10 heteroatoms. The fourth-order valence-corrected chi connectivity index (χ4v) is 4.53. The maximum Gasteiger partial charge on any atom is 0.251 e. The van der Waals surface area contributed by atoms with E-state index < -0.39 is 11.1 Å². The van der Waals surface area contributed by atoms with Crippen molar-refractivity contribution in [1.29, 1.82) is 0 Å². The van der Waals surface area contributed by atoms with E-state index >= 15 is 0 Å². The second-order valence-corrected chi connectivity index (χ2v) is 9.10. The van der Waals surface area contributed by atoms with Crippen molar-refractivity contribution in [3.8, 4) is 45.6 Å². The van der Waals surface area contributed by atoms with Crippen LogP contribution in [-0.4, -0.2) is 49.8 Å². The third kappa shape index (κ3) is 5.02. The SMILES string of the molecule is COc1cccc(-c2nc(-n3cc(-c4ccc(CS(=O)O)cc4)cn3)nc3cc(OC)c(OC)cc23)c1. The highest BCUT2D eigenvalue weighted by molar-refractivity contribution is 7.78. The standard InChI is InChI=1S/C27H24N4O5S/c1-34-21-6-4-5-19(11-21)26-22-12-24(35-2)25(36-3)13-23(22)29-27(30-26)31-15-20(14-28-31)18-9-7-17(8-10-18)16-37(32)33/h4-15H,16H2,1-3H3,(H,32,33). The van der Waals surface area contributed by atoms with Crippen molar-refractivity contribution in [3.63, 3.8) is 0 Å². The second kappa shape index (κ2) is 10.4.